The standard InChI is InChI=1S/C18H24N2/c19-14-9-15-3-5-16(6-4-15)20-17-7-12-18(13-8-17)10-1-2-11-18/h3-6,17,20H,1-2,7-13H2. The van der Waals surface area contributed by atoms with E-state index in [0.717, 1.165) is 11.0 Å². The van der Waals surface area contributed by atoms with E-state index < -0.39 is 0 Å². The second-order valence-electron chi connectivity index (χ2n) is 6.66. The maximum atomic E-state index is 8.69. The summed E-state index contributed by atoms with van der Waals surface area (Å²) in [5.41, 5.74) is 3.03. The third-order valence-electron chi connectivity index (χ3n) is 5.32. The van der Waals surface area contributed by atoms with E-state index >= 15 is 0 Å². The second-order valence-corrected chi connectivity index (χ2v) is 6.66. The summed E-state index contributed by atoms with van der Waals surface area (Å²) in [6, 6.07) is 11.2. The number of nitrogens with one attached hydrogen (secondary N) is 1. The van der Waals surface area contributed by atoms with E-state index in [9.17, 15) is 0 Å². The lowest BCUT2D eigenvalue weighted by atomic mass is 9.71. The van der Waals surface area contributed by atoms with Crippen molar-refractivity contribution < 1.29 is 0 Å². The van der Waals surface area contributed by atoms with Crippen molar-refractivity contribution in [3.63, 3.8) is 0 Å². The maximum Gasteiger partial charge on any atom is 0.0669 e. The van der Waals surface area contributed by atoms with Gasteiger partial charge in [0.15, 0.2) is 0 Å². The number of nitriles is 1. The van der Waals surface area contributed by atoms with Gasteiger partial charge in [-0.25, -0.2) is 0 Å². The van der Waals surface area contributed by atoms with Crippen LogP contribution in [0.1, 0.15) is 56.9 Å². The Balaban J connectivity index is 1.53. The smallest absolute Gasteiger partial charge is 0.0669 e. The molecule has 0 saturated heterocycles. The normalized spacial score (nSPS) is 21.8. The van der Waals surface area contributed by atoms with Crippen LogP contribution in [0.4, 0.5) is 5.69 Å². The first-order valence-corrected chi connectivity index (χ1v) is 8.02. The molecular formula is C18H24N2. The molecule has 3 rings (SSSR count). The molecule has 106 valence electrons. The van der Waals surface area contributed by atoms with Gasteiger partial charge in [0.2, 0.25) is 0 Å². The van der Waals surface area contributed by atoms with Crippen molar-refractivity contribution in [2.45, 2.75) is 63.8 Å². The Morgan fingerprint density at radius 3 is 2.30 bits per heavy atom. The Labute approximate surface area is 122 Å². The molecule has 2 aliphatic carbocycles. The third kappa shape index (κ3) is 2.98. The molecule has 2 fully saturated rings. The Morgan fingerprint density at radius 1 is 1.05 bits per heavy atom. The third-order valence-corrected chi connectivity index (χ3v) is 5.32. The molecule has 0 bridgehead atoms. The molecule has 2 heteroatoms. The molecule has 2 saturated carbocycles. The van der Waals surface area contributed by atoms with Gasteiger partial charge in [0.25, 0.3) is 0 Å². The Bertz CT molecular complexity index is 467. The fourth-order valence-electron chi connectivity index (χ4n) is 4.05. The van der Waals surface area contributed by atoms with E-state index in [1.54, 1.807) is 0 Å². The monoisotopic (exact) mass is 268 g/mol. The number of rotatable bonds is 3. The van der Waals surface area contributed by atoms with Crippen molar-refractivity contribution in [2.24, 2.45) is 5.41 Å². The summed E-state index contributed by atoms with van der Waals surface area (Å²) in [7, 11) is 0. The lowest BCUT2D eigenvalue weighted by Crippen LogP contribution is -2.31. The van der Waals surface area contributed by atoms with Crippen molar-refractivity contribution in [1.29, 1.82) is 5.26 Å². The molecule has 0 aromatic heterocycles. The summed E-state index contributed by atoms with van der Waals surface area (Å²) in [4.78, 5) is 0. The predicted octanol–water partition coefficient (Wildman–Crippen LogP) is 4.67. The molecule has 2 nitrogen and oxygen atoms in total. The molecule has 0 atom stereocenters. The van der Waals surface area contributed by atoms with Gasteiger partial charge in [0.05, 0.1) is 12.5 Å². The molecule has 20 heavy (non-hydrogen) atoms. The molecule has 1 aromatic carbocycles. The van der Waals surface area contributed by atoms with Crippen LogP contribution < -0.4 is 5.32 Å². The first-order valence-electron chi connectivity index (χ1n) is 8.02. The molecule has 0 radical (unpaired) electrons. The van der Waals surface area contributed by atoms with Gasteiger partial charge in [-0.15, -0.1) is 0 Å². The molecule has 0 heterocycles. The van der Waals surface area contributed by atoms with Crippen molar-refractivity contribution in [3.8, 4) is 6.07 Å². The van der Waals surface area contributed by atoms with E-state index in [4.69, 9.17) is 5.26 Å². The highest BCUT2D eigenvalue weighted by Crippen LogP contribution is 2.49. The molecule has 2 aliphatic rings. The number of anilines is 1. The van der Waals surface area contributed by atoms with Gasteiger partial charge in [-0.3, -0.25) is 0 Å². The van der Waals surface area contributed by atoms with Crippen LogP contribution in [0, 0.1) is 16.7 Å². The molecule has 1 spiro atoms. The van der Waals surface area contributed by atoms with Crippen molar-refractivity contribution in [3.05, 3.63) is 29.8 Å². The minimum absolute atomic E-state index is 0.506. The van der Waals surface area contributed by atoms with Crippen LogP contribution in [0.5, 0.6) is 0 Å². The SMILES string of the molecule is N#CCc1ccc(NC2CCC3(CCCC3)CC2)cc1. The molecule has 1 N–H and O–H groups in total. The Kier molecular flexibility index (Phi) is 3.96. The van der Waals surface area contributed by atoms with E-state index in [1.165, 1.54) is 57.1 Å². The van der Waals surface area contributed by atoms with Gasteiger partial charge < -0.3 is 5.32 Å². The average Bonchev–Trinajstić information content (AvgIpc) is 2.93. The minimum Gasteiger partial charge on any atom is -0.382 e. The van der Waals surface area contributed by atoms with Gasteiger partial charge in [0, 0.05) is 11.7 Å². The van der Waals surface area contributed by atoms with Crippen LogP contribution in [0.2, 0.25) is 0 Å². The van der Waals surface area contributed by atoms with E-state index in [2.05, 4.69) is 35.7 Å². The maximum absolute atomic E-state index is 8.69. The molecule has 0 aliphatic heterocycles. The summed E-state index contributed by atoms with van der Waals surface area (Å²) in [5.74, 6) is 0. The zero-order valence-electron chi connectivity index (χ0n) is 12.2. The van der Waals surface area contributed by atoms with Gasteiger partial charge in [-0.2, -0.15) is 5.26 Å². The topological polar surface area (TPSA) is 35.8 Å². The number of benzene rings is 1. The lowest BCUT2D eigenvalue weighted by Gasteiger charge is -2.37. The van der Waals surface area contributed by atoms with Crippen LogP contribution in [0.25, 0.3) is 0 Å². The van der Waals surface area contributed by atoms with Crippen LogP contribution in [0.15, 0.2) is 24.3 Å². The summed E-state index contributed by atoms with van der Waals surface area (Å²) < 4.78 is 0. The summed E-state index contributed by atoms with van der Waals surface area (Å²) in [6.07, 6.45) is 11.8. The van der Waals surface area contributed by atoms with Crippen molar-refractivity contribution >= 4 is 5.69 Å². The van der Waals surface area contributed by atoms with E-state index in [-0.39, 0.29) is 0 Å². The minimum atomic E-state index is 0.506. The van der Waals surface area contributed by atoms with Crippen LogP contribution in [0.3, 0.4) is 0 Å². The first-order chi connectivity index (χ1) is 9.80. The zero-order chi connectivity index (χ0) is 13.8. The van der Waals surface area contributed by atoms with Gasteiger partial charge in [0.1, 0.15) is 0 Å². The highest BCUT2D eigenvalue weighted by atomic mass is 14.9. The van der Waals surface area contributed by atoms with Crippen LogP contribution >= 0.6 is 0 Å². The molecule has 1 aromatic rings. The van der Waals surface area contributed by atoms with E-state index in [1.807, 2.05) is 0 Å². The highest BCUT2D eigenvalue weighted by Gasteiger charge is 2.37. The van der Waals surface area contributed by atoms with Crippen LogP contribution in [-0.4, -0.2) is 6.04 Å². The predicted molar refractivity (Wildman–Crippen MR) is 82.5 cm³/mol. The summed E-state index contributed by atoms with van der Waals surface area (Å²) >= 11 is 0. The molecule has 0 unspecified atom stereocenters. The quantitative estimate of drug-likeness (QED) is 0.864. The van der Waals surface area contributed by atoms with E-state index in [0.29, 0.717) is 12.5 Å². The fourth-order valence-corrected chi connectivity index (χ4v) is 4.05. The number of hydrogen-bond acceptors (Lipinski definition) is 2. The number of hydrogen-bond donors (Lipinski definition) is 1. The lowest BCUT2D eigenvalue weighted by molar-refractivity contribution is 0.188. The summed E-state index contributed by atoms with van der Waals surface area (Å²) in [5, 5.41) is 12.4. The summed E-state index contributed by atoms with van der Waals surface area (Å²) in [6.45, 7) is 0. The first kappa shape index (κ1) is 13.5. The highest BCUT2D eigenvalue weighted by molar-refractivity contribution is 5.45. The van der Waals surface area contributed by atoms with Gasteiger partial charge in [-0.1, -0.05) is 25.0 Å². The van der Waals surface area contributed by atoms with Crippen LogP contribution in [-0.2, 0) is 6.42 Å². The van der Waals surface area contributed by atoms with Gasteiger partial charge in [-0.05, 0) is 61.6 Å². The second kappa shape index (κ2) is 5.87. The van der Waals surface area contributed by atoms with Crippen molar-refractivity contribution in [1.82, 2.24) is 0 Å². The Morgan fingerprint density at radius 2 is 1.70 bits per heavy atom. The molecule has 0 amide bonds. The largest absolute Gasteiger partial charge is 0.382 e. The zero-order valence-corrected chi connectivity index (χ0v) is 12.2. The fraction of sp³-hybridized carbons (Fsp3) is 0.611. The van der Waals surface area contributed by atoms with Crippen molar-refractivity contribution in [2.75, 3.05) is 5.32 Å². The molecular weight excluding hydrogens is 244 g/mol. The Hall–Kier alpha value is -1.49. The number of nitrogens with zero attached hydrogens (tertiary/aromatic N) is 1. The van der Waals surface area contributed by atoms with Gasteiger partial charge >= 0.3 is 0 Å². The average molecular weight is 268 g/mol.